The molecular formula is C11H24N2O. The Kier molecular flexibility index (Phi) is 3.93. The van der Waals surface area contributed by atoms with E-state index in [0.29, 0.717) is 12.2 Å². The minimum atomic E-state index is -0.102. The SMILES string of the molecule is CCC1CN(CC(C)(C)N)CC(C)O1. The van der Waals surface area contributed by atoms with Crippen molar-refractivity contribution in [1.29, 1.82) is 0 Å². The summed E-state index contributed by atoms with van der Waals surface area (Å²) in [7, 11) is 0. The van der Waals surface area contributed by atoms with E-state index in [9.17, 15) is 0 Å². The summed E-state index contributed by atoms with van der Waals surface area (Å²) in [5.74, 6) is 0. The second-order valence-electron chi connectivity index (χ2n) is 5.16. The Morgan fingerprint density at radius 1 is 1.43 bits per heavy atom. The van der Waals surface area contributed by atoms with Crippen LogP contribution in [0, 0.1) is 0 Å². The molecule has 0 aromatic rings. The molecule has 2 atom stereocenters. The summed E-state index contributed by atoms with van der Waals surface area (Å²) in [4.78, 5) is 2.42. The summed E-state index contributed by atoms with van der Waals surface area (Å²) in [6.07, 6.45) is 1.82. The first-order valence-corrected chi connectivity index (χ1v) is 5.57. The molecule has 2 N–H and O–H groups in total. The average molecular weight is 200 g/mol. The van der Waals surface area contributed by atoms with Gasteiger partial charge in [0.05, 0.1) is 12.2 Å². The van der Waals surface area contributed by atoms with Crippen LogP contribution >= 0.6 is 0 Å². The summed E-state index contributed by atoms with van der Waals surface area (Å²) in [6.45, 7) is 11.5. The van der Waals surface area contributed by atoms with Gasteiger partial charge in [0.15, 0.2) is 0 Å². The molecule has 84 valence electrons. The third-order valence-corrected chi connectivity index (χ3v) is 2.49. The Morgan fingerprint density at radius 2 is 2.07 bits per heavy atom. The molecule has 14 heavy (non-hydrogen) atoms. The van der Waals surface area contributed by atoms with Crippen LogP contribution in [0.3, 0.4) is 0 Å². The van der Waals surface area contributed by atoms with Crippen LogP contribution in [0.5, 0.6) is 0 Å². The quantitative estimate of drug-likeness (QED) is 0.744. The zero-order valence-electron chi connectivity index (χ0n) is 9.92. The molecule has 1 heterocycles. The van der Waals surface area contributed by atoms with E-state index in [2.05, 4.69) is 32.6 Å². The summed E-state index contributed by atoms with van der Waals surface area (Å²) in [5, 5.41) is 0. The van der Waals surface area contributed by atoms with Crippen molar-refractivity contribution in [3.05, 3.63) is 0 Å². The van der Waals surface area contributed by atoms with Gasteiger partial charge in [0.25, 0.3) is 0 Å². The van der Waals surface area contributed by atoms with Crippen molar-refractivity contribution in [3.63, 3.8) is 0 Å². The maximum absolute atomic E-state index is 6.02. The molecule has 0 aromatic heterocycles. The van der Waals surface area contributed by atoms with Crippen LogP contribution in [-0.2, 0) is 4.74 Å². The van der Waals surface area contributed by atoms with Gasteiger partial charge in [-0.3, -0.25) is 4.90 Å². The normalized spacial score (nSPS) is 30.6. The number of rotatable bonds is 3. The van der Waals surface area contributed by atoms with Gasteiger partial charge in [-0.25, -0.2) is 0 Å². The van der Waals surface area contributed by atoms with Crippen molar-refractivity contribution in [1.82, 2.24) is 4.90 Å². The molecule has 2 unspecified atom stereocenters. The van der Waals surface area contributed by atoms with E-state index >= 15 is 0 Å². The summed E-state index contributed by atoms with van der Waals surface area (Å²) >= 11 is 0. The highest BCUT2D eigenvalue weighted by atomic mass is 16.5. The fourth-order valence-corrected chi connectivity index (χ4v) is 2.07. The fourth-order valence-electron chi connectivity index (χ4n) is 2.07. The van der Waals surface area contributed by atoms with E-state index in [1.165, 1.54) is 0 Å². The van der Waals surface area contributed by atoms with Crippen LogP contribution in [0.1, 0.15) is 34.1 Å². The predicted molar refractivity (Wildman–Crippen MR) is 59.3 cm³/mol. The van der Waals surface area contributed by atoms with Crippen LogP contribution in [0.2, 0.25) is 0 Å². The Morgan fingerprint density at radius 3 is 2.57 bits per heavy atom. The molecule has 0 aromatic carbocycles. The number of ether oxygens (including phenoxy) is 1. The first kappa shape index (κ1) is 12.0. The summed E-state index contributed by atoms with van der Waals surface area (Å²) in [5.41, 5.74) is 5.91. The molecule has 1 saturated heterocycles. The number of nitrogens with two attached hydrogens (primary N) is 1. The van der Waals surface area contributed by atoms with Crippen molar-refractivity contribution >= 4 is 0 Å². The Labute approximate surface area is 87.6 Å². The molecule has 1 aliphatic heterocycles. The molecule has 1 fully saturated rings. The molecule has 0 spiro atoms. The molecule has 1 rings (SSSR count). The molecule has 0 bridgehead atoms. The van der Waals surface area contributed by atoms with Gasteiger partial charge in [0, 0.05) is 25.2 Å². The van der Waals surface area contributed by atoms with Crippen molar-refractivity contribution in [3.8, 4) is 0 Å². The Bertz CT molecular complexity index is 177. The second kappa shape index (κ2) is 4.60. The lowest BCUT2D eigenvalue weighted by atomic mass is 10.0. The zero-order chi connectivity index (χ0) is 10.8. The lowest BCUT2D eigenvalue weighted by Gasteiger charge is -2.39. The average Bonchev–Trinajstić information content (AvgIpc) is 1.99. The maximum Gasteiger partial charge on any atom is 0.0703 e. The van der Waals surface area contributed by atoms with Crippen LogP contribution in [0.4, 0.5) is 0 Å². The van der Waals surface area contributed by atoms with Gasteiger partial charge in [-0.1, -0.05) is 6.92 Å². The van der Waals surface area contributed by atoms with Crippen LogP contribution in [0.15, 0.2) is 0 Å². The van der Waals surface area contributed by atoms with E-state index in [-0.39, 0.29) is 5.54 Å². The lowest BCUT2D eigenvalue weighted by Crippen LogP contribution is -2.53. The number of hydrogen-bond acceptors (Lipinski definition) is 3. The van der Waals surface area contributed by atoms with Crippen molar-refractivity contribution in [2.45, 2.75) is 51.9 Å². The minimum Gasteiger partial charge on any atom is -0.373 e. The van der Waals surface area contributed by atoms with E-state index in [4.69, 9.17) is 10.5 Å². The van der Waals surface area contributed by atoms with Crippen LogP contribution < -0.4 is 5.73 Å². The molecule has 0 saturated carbocycles. The smallest absolute Gasteiger partial charge is 0.0703 e. The fraction of sp³-hybridized carbons (Fsp3) is 1.00. The highest BCUT2D eigenvalue weighted by molar-refractivity contribution is 4.82. The third kappa shape index (κ3) is 3.95. The van der Waals surface area contributed by atoms with Crippen molar-refractivity contribution in [2.75, 3.05) is 19.6 Å². The standard InChI is InChI=1S/C11H24N2O/c1-5-10-7-13(6-9(2)14-10)8-11(3,4)12/h9-10H,5-8,12H2,1-4H3. The summed E-state index contributed by atoms with van der Waals surface area (Å²) in [6, 6.07) is 0. The number of morpholine rings is 1. The van der Waals surface area contributed by atoms with Crippen LogP contribution in [0.25, 0.3) is 0 Å². The number of hydrogen-bond donors (Lipinski definition) is 1. The number of nitrogens with zero attached hydrogens (tertiary/aromatic N) is 1. The maximum atomic E-state index is 6.02. The van der Waals surface area contributed by atoms with E-state index in [1.807, 2.05) is 0 Å². The lowest BCUT2D eigenvalue weighted by molar-refractivity contribution is -0.0809. The highest BCUT2D eigenvalue weighted by Gasteiger charge is 2.26. The molecule has 0 radical (unpaired) electrons. The molecule has 3 heteroatoms. The molecular weight excluding hydrogens is 176 g/mol. The van der Waals surface area contributed by atoms with E-state index in [1.54, 1.807) is 0 Å². The molecule has 1 aliphatic rings. The largest absolute Gasteiger partial charge is 0.373 e. The molecule has 3 nitrogen and oxygen atoms in total. The van der Waals surface area contributed by atoms with Gasteiger partial charge >= 0.3 is 0 Å². The van der Waals surface area contributed by atoms with Gasteiger partial charge in [0.1, 0.15) is 0 Å². The first-order chi connectivity index (χ1) is 6.40. The van der Waals surface area contributed by atoms with E-state index in [0.717, 1.165) is 26.1 Å². The second-order valence-corrected chi connectivity index (χ2v) is 5.16. The van der Waals surface area contributed by atoms with Gasteiger partial charge in [0.2, 0.25) is 0 Å². The van der Waals surface area contributed by atoms with Crippen LogP contribution in [-0.4, -0.2) is 42.3 Å². The predicted octanol–water partition coefficient (Wildman–Crippen LogP) is 1.22. The zero-order valence-corrected chi connectivity index (χ0v) is 9.92. The molecule has 0 amide bonds. The van der Waals surface area contributed by atoms with Crippen molar-refractivity contribution < 1.29 is 4.74 Å². The Hall–Kier alpha value is -0.120. The third-order valence-electron chi connectivity index (χ3n) is 2.49. The van der Waals surface area contributed by atoms with Gasteiger partial charge in [-0.2, -0.15) is 0 Å². The van der Waals surface area contributed by atoms with Gasteiger partial charge in [-0.05, 0) is 27.2 Å². The summed E-state index contributed by atoms with van der Waals surface area (Å²) < 4.78 is 5.80. The van der Waals surface area contributed by atoms with E-state index < -0.39 is 0 Å². The Balaban J connectivity index is 2.45. The molecule has 0 aliphatic carbocycles. The van der Waals surface area contributed by atoms with Gasteiger partial charge in [-0.15, -0.1) is 0 Å². The topological polar surface area (TPSA) is 38.5 Å². The monoisotopic (exact) mass is 200 g/mol. The minimum absolute atomic E-state index is 0.102. The van der Waals surface area contributed by atoms with Crippen molar-refractivity contribution in [2.24, 2.45) is 5.73 Å². The van der Waals surface area contributed by atoms with Gasteiger partial charge < -0.3 is 10.5 Å². The highest BCUT2D eigenvalue weighted by Crippen LogP contribution is 2.15. The first-order valence-electron chi connectivity index (χ1n) is 5.57.